The van der Waals surface area contributed by atoms with Gasteiger partial charge >= 0.3 is 0 Å². The summed E-state index contributed by atoms with van der Waals surface area (Å²) >= 11 is 0. The van der Waals surface area contributed by atoms with Crippen LogP contribution in [-0.2, 0) is 26.2 Å². The van der Waals surface area contributed by atoms with Crippen LogP contribution in [0.3, 0.4) is 0 Å². The van der Waals surface area contributed by atoms with E-state index in [1.54, 1.807) is 49.4 Å². The predicted molar refractivity (Wildman–Crippen MR) is 134 cm³/mol. The second-order valence-electron chi connectivity index (χ2n) is 7.82. The topological polar surface area (TPSA) is 96.0 Å². The first-order valence-corrected chi connectivity index (χ1v) is 12.5. The summed E-state index contributed by atoms with van der Waals surface area (Å²) in [5.74, 6) is -0.343. The van der Waals surface area contributed by atoms with E-state index >= 15 is 0 Å². The van der Waals surface area contributed by atoms with Crippen molar-refractivity contribution in [2.45, 2.75) is 24.4 Å². The van der Waals surface area contributed by atoms with E-state index in [2.05, 4.69) is 5.32 Å². The van der Waals surface area contributed by atoms with Crippen molar-refractivity contribution in [1.29, 1.82) is 0 Å². The fraction of sp³-hybridized carbons (Fsp3) is 0.231. The van der Waals surface area contributed by atoms with Gasteiger partial charge in [-0.1, -0.05) is 48.5 Å². The number of ether oxygens (including phenoxy) is 1. The third-order valence-electron chi connectivity index (χ3n) is 5.58. The first kappa shape index (κ1) is 25.8. The molecule has 0 fully saturated rings. The summed E-state index contributed by atoms with van der Waals surface area (Å²) in [5.41, 5.74) is 1.16. The van der Waals surface area contributed by atoms with Crippen molar-refractivity contribution in [2.24, 2.45) is 0 Å². The molecule has 0 radical (unpaired) electrons. The zero-order valence-corrected chi connectivity index (χ0v) is 20.7. The molecule has 1 atom stereocenters. The number of hydrogen-bond donors (Lipinski definition) is 1. The van der Waals surface area contributed by atoms with Crippen LogP contribution in [0.4, 0.5) is 5.69 Å². The normalized spacial score (nSPS) is 11.9. The van der Waals surface area contributed by atoms with E-state index in [-0.39, 0.29) is 17.3 Å². The molecule has 2 amide bonds. The Morgan fingerprint density at radius 3 is 2.03 bits per heavy atom. The molecule has 9 heteroatoms. The molecule has 0 aliphatic carbocycles. The van der Waals surface area contributed by atoms with Crippen molar-refractivity contribution in [2.75, 3.05) is 25.0 Å². The molecule has 0 heterocycles. The molecule has 1 unspecified atom stereocenters. The molecule has 0 saturated heterocycles. The van der Waals surface area contributed by atoms with E-state index in [0.717, 1.165) is 9.87 Å². The van der Waals surface area contributed by atoms with Crippen LogP contribution >= 0.6 is 0 Å². The molecule has 1 N–H and O–H groups in total. The molecule has 0 aliphatic rings. The number of para-hydroxylation sites is 1. The van der Waals surface area contributed by atoms with Crippen LogP contribution in [0.15, 0.2) is 89.8 Å². The number of rotatable bonds is 10. The lowest BCUT2D eigenvalue weighted by Crippen LogP contribution is -2.50. The van der Waals surface area contributed by atoms with Gasteiger partial charge in [0.25, 0.3) is 10.0 Å². The fourth-order valence-electron chi connectivity index (χ4n) is 3.57. The molecule has 0 spiro atoms. The molecule has 0 bridgehead atoms. The lowest BCUT2D eigenvalue weighted by molar-refractivity contribution is -0.139. The van der Waals surface area contributed by atoms with Gasteiger partial charge in [0, 0.05) is 13.6 Å². The van der Waals surface area contributed by atoms with Crippen LogP contribution in [0, 0.1) is 0 Å². The minimum absolute atomic E-state index is 0.0175. The Hall–Kier alpha value is -3.85. The van der Waals surface area contributed by atoms with Gasteiger partial charge in [0.15, 0.2) is 0 Å². The predicted octanol–water partition coefficient (Wildman–Crippen LogP) is 3.05. The number of carbonyl (C=O) groups is 2. The number of likely N-dealkylation sites (N-methyl/N-ethyl adjacent to an activating group) is 1. The number of benzene rings is 3. The highest BCUT2D eigenvalue weighted by Gasteiger charge is 2.32. The van der Waals surface area contributed by atoms with E-state index in [0.29, 0.717) is 11.4 Å². The average Bonchev–Trinajstić information content (AvgIpc) is 2.90. The Labute approximate surface area is 206 Å². The molecule has 184 valence electrons. The minimum atomic E-state index is -4.10. The Balaban J connectivity index is 1.99. The number of methoxy groups -OCH3 is 1. The van der Waals surface area contributed by atoms with Crippen molar-refractivity contribution >= 4 is 27.5 Å². The number of nitrogens with one attached hydrogen (secondary N) is 1. The van der Waals surface area contributed by atoms with Gasteiger partial charge in [-0.25, -0.2) is 8.42 Å². The van der Waals surface area contributed by atoms with Gasteiger partial charge in [0.1, 0.15) is 18.3 Å². The van der Waals surface area contributed by atoms with Crippen molar-refractivity contribution in [3.8, 4) is 5.75 Å². The van der Waals surface area contributed by atoms with Crippen molar-refractivity contribution in [1.82, 2.24) is 10.2 Å². The zero-order chi connectivity index (χ0) is 25.4. The van der Waals surface area contributed by atoms with Crippen LogP contribution in [0.1, 0.15) is 12.5 Å². The van der Waals surface area contributed by atoms with Gasteiger partial charge in [0.05, 0.1) is 17.7 Å². The molecule has 0 aromatic heterocycles. The second-order valence-corrected chi connectivity index (χ2v) is 9.68. The summed E-state index contributed by atoms with van der Waals surface area (Å²) in [5, 5.41) is 2.56. The zero-order valence-electron chi connectivity index (χ0n) is 19.9. The lowest BCUT2D eigenvalue weighted by Gasteiger charge is -2.31. The molecule has 35 heavy (non-hydrogen) atoms. The second kappa shape index (κ2) is 11.5. The fourth-order valence-corrected chi connectivity index (χ4v) is 4.98. The number of carbonyl (C=O) groups excluding carboxylic acids is 2. The Morgan fingerprint density at radius 1 is 0.914 bits per heavy atom. The Kier molecular flexibility index (Phi) is 8.48. The highest BCUT2D eigenvalue weighted by Crippen LogP contribution is 2.25. The van der Waals surface area contributed by atoms with Crippen LogP contribution in [0.25, 0.3) is 0 Å². The van der Waals surface area contributed by atoms with E-state index in [1.165, 1.54) is 31.2 Å². The first-order valence-electron chi connectivity index (χ1n) is 11.0. The molecule has 3 rings (SSSR count). The third kappa shape index (κ3) is 6.19. The first-order chi connectivity index (χ1) is 16.8. The summed E-state index contributed by atoms with van der Waals surface area (Å²) in [6, 6.07) is 22.8. The quantitative estimate of drug-likeness (QED) is 0.466. The molecular weight excluding hydrogens is 466 g/mol. The molecule has 0 aliphatic heterocycles. The third-order valence-corrected chi connectivity index (χ3v) is 7.37. The smallest absolute Gasteiger partial charge is 0.264 e. The van der Waals surface area contributed by atoms with Gasteiger partial charge in [-0.2, -0.15) is 0 Å². The van der Waals surface area contributed by atoms with E-state index in [1.807, 2.05) is 30.3 Å². The summed E-state index contributed by atoms with van der Waals surface area (Å²) < 4.78 is 33.5. The van der Waals surface area contributed by atoms with Crippen LogP contribution in [0.5, 0.6) is 5.75 Å². The monoisotopic (exact) mass is 495 g/mol. The van der Waals surface area contributed by atoms with E-state index in [9.17, 15) is 18.0 Å². The van der Waals surface area contributed by atoms with Gasteiger partial charge < -0.3 is 15.0 Å². The van der Waals surface area contributed by atoms with Gasteiger partial charge in [-0.15, -0.1) is 0 Å². The summed E-state index contributed by atoms with van der Waals surface area (Å²) in [4.78, 5) is 27.4. The van der Waals surface area contributed by atoms with Crippen molar-refractivity contribution in [3.05, 3.63) is 90.5 Å². The maximum absolute atomic E-state index is 13.6. The Morgan fingerprint density at radius 2 is 1.49 bits per heavy atom. The van der Waals surface area contributed by atoms with Crippen molar-refractivity contribution in [3.63, 3.8) is 0 Å². The SMILES string of the molecule is CNC(=O)C(C)N(Cc1ccccc1)C(=O)CN(c1ccccc1)S(=O)(=O)c1ccc(OC)cc1. The van der Waals surface area contributed by atoms with E-state index in [4.69, 9.17) is 4.74 Å². The van der Waals surface area contributed by atoms with Crippen LogP contribution < -0.4 is 14.4 Å². The van der Waals surface area contributed by atoms with Gasteiger partial charge in [-0.05, 0) is 48.9 Å². The molecule has 0 saturated carbocycles. The summed E-state index contributed by atoms with van der Waals surface area (Å²) in [6.45, 7) is 1.29. The molecule has 3 aromatic rings. The minimum Gasteiger partial charge on any atom is -0.497 e. The molecule has 3 aromatic carbocycles. The van der Waals surface area contributed by atoms with Crippen LogP contribution in [0.2, 0.25) is 0 Å². The lowest BCUT2D eigenvalue weighted by atomic mass is 10.1. The highest BCUT2D eigenvalue weighted by molar-refractivity contribution is 7.92. The number of sulfonamides is 1. The maximum Gasteiger partial charge on any atom is 0.264 e. The highest BCUT2D eigenvalue weighted by atomic mass is 32.2. The number of nitrogens with zero attached hydrogens (tertiary/aromatic N) is 2. The number of anilines is 1. The Bertz CT molecular complexity index is 1230. The summed E-state index contributed by atoms with van der Waals surface area (Å²) in [7, 11) is -1.11. The van der Waals surface area contributed by atoms with Gasteiger partial charge in [0.2, 0.25) is 11.8 Å². The largest absolute Gasteiger partial charge is 0.497 e. The average molecular weight is 496 g/mol. The van der Waals surface area contributed by atoms with Gasteiger partial charge in [-0.3, -0.25) is 13.9 Å². The summed E-state index contributed by atoms with van der Waals surface area (Å²) in [6.07, 6.45) is 0. The molecular formula is C26H29N3O5S. The maximum atomic E-state index is 13.6. The van der Waals surface area contributed by atoms with Crippen molar-refractivity contribution < 1.29 is 22.7 Å². The number of hydrogen-bond acceptors (Lipinski definition) is 5. The van der Waals surface area contributed by atoms with Crippen LogP contribution in [-0.4, -0.2) is 51.9 Å². The number of amides is 2. The van der Waals surface area contributed by atoms with E-state index < -0.39 is 28.5 Å². The molecule has 8 nitrogen and oxygen atoms in total. The standard InChI is InChI=1S/C26H29N3O5S/c1-20(26(31)27-2)28(18-21-10-6-4-7-11-21)25(30)19-29(22-12-8-5-9-13-22)35(32,33)24-16-14-23(34-3)15-17-24/h4-17,20H,18-19H2,1-3H3,(H,27,31).